The summed E-state index contributed by atoms with van der Waals surface area (Å²) in [6.07, 6.45) is 3.80. The molecule has 0 radical (unpaired) electrons. The van der Waals surface area contributed by atoms with Gasteiger partial charge < -0.3 is 5.11 Å². The van der Waals surface area contributed by atoms with E-state index >= 15 is 0 Å². The molecule has 102 valence electrons. The van der Waals surface area contributed by atoms with E-state index in [1.807, 2.05) is 38.1 Å². The Kier molecular flexibility index (Phi) is 3.84. The zero-order chi connectivity index (χ0) is 14.7. The summed E-state index contributed by atoms with van der Waals surface area (Å²) in [5.41, 5.74) is 3.61. The van der Waals surface area contributed by atoms with Crippen LogP contribution < -0.4 is 0 Å². The van der Waals surface area contributed by atoms with E-state index in [2.05, 4.69) is 0 Å². The molecule has 0 amide bonds. The fourth-order valence-electron chi connectivity index (χ4n) is 1.99. The van der Waals surface area contributed by atoms with Crippen LogP contribution in [0.3, 0.4) is 0 Å². The van der Waals surface area contributed by atoms with Gasteiger partial charge in [-0.1, -0.05) is 12.2 Å². The Labute approximate surface area is 117 Å². The summed E-state index contributed by atoms with van der Waals surface area (Å²) in [5, 5.41) is 20.3. The van der Waals surface area contributed by atoms with Crippen molar-refractivity contribution in [3.8, 4) is 5.75 Å². The molecule has 2 rings (SSSR count). The van der Waals surface area contributed by atoms with Crippen LogP contribution in [0.15, 0.2) is 36.4 Å². The van der Waals surface area contributed by atoms with Crippen molar-refractivity contribution in [3.63, 3.8) is 0 Å². The molecule has 0 bridgehead atoms. The van der Waals surface area contributed by atoms with Gasteiger partial charge in [0, 0.05) is 12.1 Å². The minimum Gasteiger partial charge on any atom is -0.507 e. The maximum absolute atomic E-state index is 10.6. The zero-order valence-corrected chi connectivity index (χ0v) is 11.3. The Morgan fingerprint density at radius 2 is 1.50 bits per heavy atom. The lowest BCUT2D eigenvalue weighted by atomic mass is 10.0. The van der Waals surface area contributed by atoms with Crippen molar-refractivity contribution in [3.05, 3.63) is 68.8 Å². The molecule has 0 aromatic heterocycles. The molecule has 0 unspecified atom stereocenters. The van der Waals surface area contributed by atoms with E-state index in [-0.39, 0.29) is 5.69 Å². The molecule has 0 saturated carbocycles. The molecule has 1 N–H and O–H groups in total. The smallest absolute Gasteiger partial charge is 0.269 e. The quantitative estimate of drug-likeness (QED) is 0.518. The van der Waals surface area contributed by atoms with E-state index < -0.39 is 4.92 Å². The highest BCUT2D eigenvalue weighted by atomic mass is 16.6. The SMILES string of the molecule is Cc1cc(/C=C/c2ccc([N+](=O)[O-])cc2)cc(C)c1O. The number of nitro groups is 1. The van der Waals surface area contributed by atoms with Gasteiger partial charge in [0.2, 0.25) is 0 Å². The van der Waals surface area contributed by atoms with Crippen LogP contribution in [-0.2, 0) is 0 Å². The maximum Gasteiger partial charge on any atom is 0.269 e. The summed E-state index contributed by atoms with van der Waals surface area (Å²) in [5.74, 6) is 0.317. The first kappa shape index (κ1) is 13.8. The van der Waals surface area contributed by atoms with Crippen LogP contribution in [0.5, 0.6) is 5.75 Å². The maximum atomic E-state index is 10.6. The number of phenols is 1. The molecular formula is C16H15NO3. The summed E-state index contributed by atoms with van der Waals surface area (Å²) < 4.78 is 0. The van der Waals surface area contributed by atoms with Gasteiger partial charge in [-0.2, -0.15) is 0 Å². The fraction of sp³-hybridized carbons (Fsp3) is 0.125. The Morgan fingerprint density at radius 1 is 1.00 bits per heavy atom. The summed E-state index contributed by atoms with van der Waals surface area (Å²) in [6, 6.07) is 10.2. The molecule has 2 aromatic carbocycles. The monoisotopic (exact) mass is 269 g/mol. The van der Waals surface area contributed by atoms with E-state index in [9.17, 15) is 15.2 Å². The van der Waals surface area contributed by atoms with Crippen LogP contribution >= 0.6 is 0 Å². The second kappa shape index (κ2) is 5.57. The first-order chi connectivity index (χ1) is 9.47. The molecule has 0 heterocycles. The van der Waals surface area contributed by atoms with Gasteiger partial charge in [-0.15, -0.1) is 0 Å². The van der Waals surface area contributed by atoms with Gasteiger partial charge >= 0.3 is 0 Å². The average Bonchev–Trinajstić information content (AvgIpc) is 2.42. The molecule has 0 fully saturated rings. The molecule has 0 saturated heterocycles. The van der Waals surface area contributed by atoms with Crippen LogP contribution in [0, 0.1) is 24.0 Å². The first-order valence-corrected chi connectivity index (χ1v) is 6.20. The number of rotatable bonds is 3. The van der Waals surface area contributed by atoms with Crippen molar-refractivity contribution in [2.45, 2.75) is 13.8 Å². The summed E-state index contributed by atoms with van der Waals surface area (Å²) >= 11 is 0. The lowest BCUT2D eigenvalue weighted by Crippen LogP contribution is -1.86. The number of nitro benzene ring substituents is 1. The third-order valence-corrected chi connectivity index (χ3v) is 3.09. The second-order valence-electron chi connectivity index (χ2n) is 4.69. The van der Waals surface area contributed by atoms with Crippen LogP contribution in [-0.4, -0.2) is 10.0 Å². The molecule has 0 aliphatic heterocycles. The minimum atomic E-state index is -0.416. The van der Waals surface area contributed by atoms with Gasteiger partial charge in [0.15, 0.2) is 0 Å². The van der Waals surface area contributed by atoms with Gasteiger partial charge in [0.05, 0.1) is 4.92 Å². The molecule has 0 spiro atoms. The lowest BCUT2D eigenvalue weighted by Gasteiger charge is -2.04. The van der Waals surface area contributed by atoms with Gasteiger partial charge in [0.25, 0.3) is 5.69 Å². The van der Waals surface area contributed by atoms with E-state index in [0.717, 1.165) is 22.3 Å². The third-order valence-electron chi connectivity index (χ3n) is 3.09. The van der Waals surface area contributed by atoms with Crippen LogP contribution in [0.4, 0.5) is 5.69 Å². The van der Waals surface area contributed by atoms with Crippen LogP contribution in [0.2, 0.25) is 0 Å². The highest BCUT2D eigenvalue weighted by molar-refractivity contribution is 5.71. The predicted molar refractivity (Wildman–Crippen MR) is 79.6 cm³/mol. The molecule has 0 aliphatic carbocycles. The highest BCUT2D eigenvalue weighted by Gasteiger charge is 2.03. The number of non-ortho nitro benzene ring substituents is 1. The van der Waals surface area contributed by atoms with Gasteiger partial charge in [0.1, 0.15) is 5.75 Å². The Balaban J connectivity index is 2.23. The molecule has 0 aliphatic rings. The average molecular weight is 269 g/mol. The molecule has 20 heavy (non-hydrogen) atoms. The third kappa shape index (κ3) is 3.03. The van der Waals surface area contributed by atoms with Gasteiger partial charge in [-0.3, -0.25) is 10.1 Å². The van der Waals surface area contributed by atoms with Crippen molar-refractivity contribution >= 4 is 17.8 Å². The van der Waals surface area contributed by atoms with Crippen molar-refractivity contribution in [2.75, 3.05) is 0 Å². The fourth-order valence-corrected chi connectivity index (χ4v) is 1.99. The van der Waals surface area contributed by atoms with E-state index in [1.165, 1.54) is 12.1 Å². The molecular weight excluding hydrogens is 254 g/mol. The van der Waals surface area contributed by atoms with Crippen molar-refractivity contribution < 1.29 is 10.0 Å². The molecule has 4 nitrogen and oxygen atoms in total. The number of aryl methyl sites for hydroxylation is 2. The first-order valence-electron chi connectivity index (χ1n) is 6.20. The number of hydrogen-bond acceptors (Lipinski definition) is 3. The van der Waals surface area contributed by atoms with E-state index in [1.54, 1.807) is 12.1 Å². The van der Waals surface area contributed by atoms with E-state index in [4.69, 9.17) is 0 Å². The summed E-state index contributed by atoms with van der Waals surface area (Å²) in [7, 11) is 0. The Hall–Kier alpha value is -2.62. The van der Waals surface area contributed by atoms with Gasteiger partial charge in [-0.25, -0.2) is 0 Å². The number of hydrogen-bond donors (Lipinski definition) is 1. The van der Waals surface area contributed by atoms with Crippen LogP contribution in [0.1, 0.15) is 22.3 Å². The highest BCUT2D eigenvalue weighted by Crippen LogP contribution is 2.24. The Bertz CT molecular complexity index is 650. The largest absolute Gasteiger partial charge is 0.507 e. The zero-order valence-electron chi connectivity index (χ0n) is 11.3. The second-order valence-corrected chi connectivity index (χ2v) is 4.69. The lowest BCUT2D eigenvalue weighted by molar-refractivity contribution is -0.384. The number of phenolic OH excluding ortho intramolecular Hbond substituents is 1. The number of benzene rings is 2. The normalized spacial score (nSPS) is 10.9. The predicted octanol–water partition coefficient (Wildman–Crippen LogP) is 4.09. The van der Waals surface area contributed by atoms with Crippen molar-refractivity contribution in [1.29, 1.82) is 0 Å². The summed E-state index contributed by atoms with van der Waals surface area (Å²) in [4.78, 5) is 10.1. The van der Waals surface area contributed by atoms with Crippen LogP contribution in [0.25, 0.3) is 12.2 Å². The molecule has 2 aromatic rings. The van der Waals surface area contributed by atoms with Crippen molar-refractivity contribution in [1.82, 2.24) is 0 Å². The number of aromatic hydroxyl groups is 1. The Morgan fingerprint density at radius 3 is 2.00 bits per heavy atom. The molecule has 4 heteroatoms. The molecule has 0 atom stereocenters. The summed E-state index contributed by atoms with van der Waals surface area (Å²) in [6.45, 7) is 3.71. The van der Waals surface area contributed by atoms with Crippen molar-refractivity contribution in [2.24, 2.45) is 0 Å². The number of nitrogens with zero attached hydrogens (tertiary/aromatic N) is 1. The van der Waals surface area contributed by atoms with Gasteiger partial charge in [-0.05, 0) is 60.4 Å². The minimum absolute atomic E-state index is 0.0819. The van der Waals surface area contributed by atoms with E-state index in [0.29, 0.717) is 5.75 Å². The topological polar surface area (TPSA) is 63.4 Å². The standard InChI is InChI=1S/C16H15NO3/c1-11-9-14(10-12(2)16(11)18)4-3-13-5-7-15(8-6-13)17(19)20/h3-10,18H,1-2H3/b4-3+.